The first-order valence-electron chi connectivity index (χ1n) is 9.20. The van der Waals surface area contributed by atoms with E-state index in [1.54, 1.807) is 31.2 Å². The van der Waals surface area contributed by atoms with E-state index in [4.69, 9.17) is 0 Å². The quantitative estimate of drug-likeness (QED) is 0.603. The molecule has 0 saturated heterocycles. The third kappa shape index (κ3) is 5.16. The topological polar surface area (TPSA) is 96.0 Å². The Morgan fingerprint density at radius 1 is 0.828 bits per heavy atom. The number of para-hydroxylation sites is 1. The van der Waals surface area contributed by atoms with Crippen LogP contribution >= 0.6 is 0 Å². The van der Waals surface area contributed by atoms with E-state index in [2.05, 4.69) is 25.9 Å². The van der Waals surface area contributed by atoms with Gasteiger partial charge in [-0.1, -0.05) is 24.3 Å². The number of carbonyl (C=O) groups excluding carboxylic acids is 2. The number of amides is 2. The number of aromatic nitrogens is 2. The normalized spacial score (nSPS) is 10.3. The van der Waals surface area contributed by atoms with Crippen LogP contribution in [-0.2, 0) is 4.79 Å². The molecule has 3 rings (SSSR count). The number of benzene rings is 2. The highest BCUT2D eigenvalue weighted by molar-refractivity contribution is 6.04. The van der Waals surface area contributed by atoms with Crippen molar-refractivity contribution in [3.05, 3.63) is 71.0 Å². The number of nitrogens with zero attached hydrogens (tertiary/aromatic N) is 2. The van der Waals surface area contributed by atoms with E-state index < -0.39 is 0 Å². The summed E-state index contributed by atoms with van der Waals surface area (Å²) in [5.41, 5.74) is 5.03. The van der Waals surface area contributed by atoms with Gasteiger partial charge < -0.3 is 16.0 Å². The lowest BCUT2D eigenvalue weighted by Gasteiger charge is -2.12. The van der Waals surface area contributed by atoms with Crippen molar-refractivity contribution in [2.75, 3.05) is 16.0 Å². The van der Waals surface area contributed by atoms with E-state index in [1.807, 2.05) is 38.1 Å². The lowest BCUT2D eigenvalue weighted by atomic mass is 10.1. The fourth-order valence-electron chi connectivity index (χ4n) is 2.94. The SMILES string of the molecule is CC(=O)Nc1cccc(Nc2nc(C)cc(C(=O)Nc3c(C)cccc3C)n2)c1. The van der Waals surface area contributed by atoms with Crippen molar-refractivity contribution < 1.29 is 9.59 Å². The molecule has 0 aliphatic heterocycles. The fourth-order valence-corrected chi connectivity index (χ4v) is 2.94. The first-order valence-corrected chi connectivity index (χ1v) is 9.20. The van der Waals surface area contributed by atoms with Crippen molar-refractivity contribution in [3.8, 4) is 0 Å². The molecule has 1 aromatic heterocycles. The predicted molar refractivity (Wildman–Crippen MR) is 115 cm³/mol. The summed E-state index contributed by atoms with van der Waals surface area (Å²) in [5, 5.41) is 8.75. The molecule has 0 spiro atoms. The molecule has 0 atom stereocenters. The van der Waals surface area contributed by atoms with Crippen LogP contribution in [0.3, 0.4) is 0 Å². The van der Waals surface area contributed by atoms with Gasteiger partial charge in [0.05, 0.1) is 0 Å². The highest BCUT2D eigenvalue weighted by Gasteiger charge is 2.13. The van der Waals surface area contributed by atoms with Crippen LogP contribution in [0.25, 0.3) is 0 Å². The number of aryl methyl sites for hydroxylation is 3. The minimum Gasteiger partial charge on any atom is -0.326 e. The van der Waals surface area contributed by atoms with Gasteiger partial charge in [0.1, 0.15) is 5.69 Å². The third-order valence-electron chi connectivity index (χ3n) is 4.25. The second kappa shape index (κ2) is 8.52. The molecule has 3 N–H and O–H groups in total. The van der Waals surface area contributed by atoms with Gasteiger partial charge in [-0.05, 0) is 56.2 Å². The number of anilines is 4. The molecular weight excluding hydrogens is 366 g/mol. The van der Waals surface area contributed by atoms with E-state index in [0.717, 1.165) is 16.8 Å². The van der Waals surface area contributed by atoms with Crippen LogP contribution in [0.15, 0.2) is 48.5 Å². The van der Waals surface area contributed by atoms with Crippen LogP contribution in [0.4, 0.5) is 23.0 Å². The summed E-state index contributed by atoms with van der Waals surface area (Å²) in [4.78, 5) is 32.7. The second-order valence-electron chi connectivity index (χ2n) is 6.83. The molecule has 0 radical (unpaired) electrons. The molecule has 0 aliphatic carbocycles. The summed E-state index contributed by atoms with van der Waals surface area (Å²) in [5.74, 6) is -0.154. The minimum absolute atomic E-state index is 0.153. The Bertz CT molecular complexity index is 1060. The maximum atomic E-state index is 12.8. The van der Waals surface area contributed by atoms with Crippen LogP contribution in [-0.4, -0.2) is 21.8 Å². The smallest absolute Gasteiger partial charge is 0.274 e. The van der Waals surface area contributed by atoms with Crippen molar-refractivity contribution in [2.24, 2.45) is 0 Å². The van der Waals surface area contributed by atoms with E-state index in [9.17, 15) is 9.59 Å². The molecule has 2 aromatic carbocycles. The van der Waals surface area contributed by atoms with E-state index in [1.165, 1.54) is 6.92 Å². The predicted octanol–water partition coefficient (Wildman–Crippen LogP) is 4.36. The summed E-state index contributed by atoms with van der Waals surface area (Å²) in [6, 6.07) is 14.7. The van der Waals surface area contributed by atoms with Gasteiger partial charge in [0.2, 0.25) is 11.9 Å². The average Bonchev–Trinajstić information content (AvgIpc) is 2.64. The summed E-state index contributed by atoms with van der Waals surface area (Å²) >= 11 is 0. The summed E-state index contributed by atoms with van der Waals surface area (Å²) in [7, 11) is 0. The Balaban J connectivity index is 1.83. The van der Waals surface area contributed by atoms with Crippen molar-refractivity contribution in [1.82, 2.24) is 9.97 Å². The minimum atomic E-state index is -0.303. The van der Waals surface area contributed by atoms with Gasteiger partial charge in [-0.15, -0.1) is 0 Å². The van der Waals surface area contributed by atoms with Crippen LogP contribution in [0.5, 0.6) is 0 Å². The lowest BCUT2D eigenvalue weighted by molar-refractivity contribution is -0.114. The summed E-state index contributed by atoms with van der Waals surface area (Å²) in [6.45, 7) is 7.15. The Labute approximate surface area is 169 Å². The van der Waals surface area contributed by atoms with Gasteiger partial charge in [0.15, 0.2) is 0 Å². The molecule has 1 heterocycles. The Kier molecular flexibility index (Phi) is 5.87. The van der Waals surface area contributed by atoms with E-state index in [0.29, 0.717) is 23.0 Å². The van der Waals surface area contributed by atoms with Crippen molar-refractivity contribution in [2.45, 2.75) is 27.7 Å². The first kappa shape index (κ1) is 20.0. The Morgan fingerprint density at radius 3 is 2.17 bits per heavy atom. The zero-order chi connectivity index (χ0) is 21.0. The van der Waals surface area contributed by atoms with Crippen molar-refractivity contribution in [3.63, 3.8) is 0 Å². The molecular formula is C22H23N5O2. The van der Waals surface area contributed by atoms with Gasteiger partial charge in [0, 0.05) is 29.7 Å². The first-order chi connectivity index (χ1) is 13.8. The summed E-state index contributed by atoms with van der Waals surface area (Å²) < 4.78 is 0. The number of carbonyl (C=O) groups is 2. The Hall–Kier alpha value is -3.74. The highest BCUT2D eigenvalue weighted by Crippen LogP contribution is 2.21. The van der Waals surface area contributed by atoms with E-state index in [-0.39, 0.29) is 17.5 Å². The van der Waals surface area contributed by atoms with Crippen LogP contribution in [0.2, 0.25) is 0 Å². The van der Waals surface area contributed by atoms with Crippen LogP contribution < -0.4 is 16.0 Å². The Morgan fingerprint density at radius 2 is 1.48 bits per heavy atom. The molecule has 0 fully saturated rings. The van der Waals surface area contributed by atoms with Gasteiger partial charge >= 0.3 is 0 Å². The molecule has 148 valence electrons. The maximum absolute atomic E-state index is 12.8. The van der Waals surface area contributed by atoms with Crippen molar-refractivity contribution >= 4 is 34.8 Å². The van der Waals surface area contributed by atoms with Crippen LogP contribution in [0, 0.1) is 20.8 Å². The molecule has 0 bridgehead atoms. The number of rotatable bonds is 5. The van der Waals surface area contributed by atoms with Crippen molar-refractivity contribution in [1.29, 1.82) is 0 Å². The molecule has 29 heavy (non-hydrogen) atoms. The lowest BCUT2D eigenvalue weighted by Crippen LogP contribution is -2.17. The zero-order valence-electron chi connectivity index (χ0n) is 16.8. The number of nitrogens with one attached hydrogen (secondary N) is 3. The van der Waals surface area contributed by atoms with Gasteiger partial charge in [0.25, 0.3) is 5.91 Å². The molecule has 2 amide bonds. The standard InChI is InChI=1S/C22H23N5O2/c1-13-7-5-8-14(2)20(13)27-21(29)19-11-15(3)23-22(26-19)25-18-10-6-9-17(12-18)24-16(4)28/h5-12H,1-4H3,(H,24,28)(H,27,29)(H,23,25,26). The van der Waals surface area contributed by atoms with Gasteiger partial charge in [-0.25, -0.2) is 9.97 Å². The molecule has 7 heteroatoms. The second-order valence-corrected chi connectivity index (χ2v) is 6.83. The third-order valence-corrected chi connectivity index (χ3v) is 4.25. The fraction of sp³-hybridized carbons (Fsp3) is 0.182. The molecule has 3 aromatic rings. The zero-order valence-corrected chi connectivity index (χ0v) is 16.8. The number of hydrogen-bond donors (Lipinski definition) is 3. The van der Waals surface area contributed by atoms with Gasteiger partial charge in [-0.2, -0.15) is 0 Å². The number of hydrogen-bond acceptors (Lipinski definition) is 5. The highest BCUT2D eigenvalue weighted by atomic mass is 16.2. The molecule has 0 unspecified atom stereocenters. The molecule has 0 aliphatic rings. The van der Waals surface area contributed by atoms with Crippen LogP contribution in [0.1, 0.15) is 34.2 Å². The summed E-state index contributed by atoms with van der Waals surface area (Å²) in [6.07, 6.45) is 0. The van der Waals surface area contributed by atoms with Gasteiger partial charge in [-0.3, -0.25) is 9.59 Å². The molecule has 0 saturated carbocycles. The monoisotopic (exact) mass is 389 g/mol. The largest absolute Gasteiger partial charge is 0.326 e. The van der Waals surface area contributed by atoms with E-state index >= 15 is 0 Å². The average molecular weight is 389 g/mol. The molecule has 7 nitrogen and oxygen atoms in total. The maximum Gasteiger partial charge on any atom is 0.274 e.